The van der Waals surface area contributed by atoms with Crippen LogP contribution in [-0.2, 0) is 4.79 Å². The average molecular weight is 427 g/mol. The van der Waals surface area contributed by atoms with Crippen molar-refractivity contribution in [2.75, 3.05) is 7.11 Å². The Morgan fingerprint density at radius 1 is 1.24 bits per heavy atom. The van der Waals surface area contributed by atoms with Crippen LogP contribution in [-0.4, -0.2) is 52.6 Å². The first-order chi connectivity index (χ1) is 13.2. The van der Waals surface area contributed by atoms with Crippen molar-refractivity contribution in [1.29, 1.82) is 5.26 Å². The summed E-state index contributed by atoms with van der Waals surface area (Å²) < 4.78 is 98.4. The summed E-state index contributed by atoms with van der Waals surface area (Å²) >= 11 is 0. The van der Waals surface area contributed by atoms with Gasteiger partial charge in [-0.15, -0.1) is 0 Å². The van der Waals surface area contributed by atoms with Crippen molar-refractivity contribution in [3.05, 3.63) is 29.8 Å². The van der Waals surface area contributed by atoms with Gasteiger partial charge in [0.25, 0.3) is 5.91 Å². The second kappa shape index (κ2) is 7.18. The fourth-order valence-corrected chi connectivity index (χ4v) is 2.57. The third kappa shape index (κ3) is 3.48. The molecule has 29 heavy (non-hydrogen) atoms. The van der Waals surface area contributed by atoms with E-state index >= 15 is 0 Å². The highest BCUT2D eigenvalue weighted by Crippen LogP contribution is 2.54. The number of benzene rings is 1. The van der Waals surface area contributed by atoms with Gasteiger partial charge in [-0.3, -0.25) is 4.79 Å². The Labute approximate surface area is 158 Å². The minimum absolute atomic E-state index is 0.0531. The number of methoxy groups -OCH3 is 1. The van der Waals surface area contributed by atoms with Crippen LogP contribution >= 0.6 is 0 Å². The third-order valence-electron chi connectivity index (χ3n) is 4.13. The lowest BCUT2D eigenvalue weighted by Gasteiger charge is -2.41. The van der Waals surface area contributed by atoms with Crippen LogP contribution in [0.25, 0.3) is 0 Å². The number of rotatable bonds is 5. The maximum Gasteiger partial charge on any atom is 0.460 e. The van der Waals surface area contributed by atoms with Crippen molar-refractivity contribution < 1.29 is 45.4 Å². The van der Waals surface area contributed by atoms with Gasteiger partial charge in [-0.05, 0) is 29.8 Å². The summed E-state index contributed by atoms with van der Waals surface area (Å²) in [4.78, 5) is 11.9. The molecule has 0 bridgehead atoms. The molecule has 0 fully saturated rings. The Bertz CT molecular complexity index is 862. The molecule has 13 heteroatoms. The molecule has 1 aliphatic heterocycles. The third-order valence-corrected chi connectivity index (χ3v) is 4.13. The van der Waals surface area contributed by atoms with Crippen molar-refractivity contribution in [3.63, 3.8) is 0 Å². The fraction of sp³-hybridized carbons (Fsp3) is 0.438. The number of halogens is 7. The summed E-state index contributed by atoms with van der Waals surface area (Å²) in [5.41, 5.74) is -4.99. The van der Waals surface area contributed by atoms with Crippen molar-refractivity contribution in [2.24, 2.45) is 5.10 Å². The molecule has 1 atom stereocenters. The fourth-order valence-electron chi connectivity index (χ4n) is 2.57. The number of alkyl halides is 7. The number of ether oxygens (including phenoxy) is 1. The second-order valence-corrected chi connectivity index (χ2v) is 5.96. The first-order valence-corrected chi connectivity index (χ1v) is 7.69. The molecule has 1 aliphatic rings. The predicted molar refractivity (Wildman–Crippen MR) is 82.1 cm³/mol. The van der Waals surface area contributed by atoms with Crippen LogP contribution in [0, 0.1) is 11.3 Å². The molecule has 0 radical (unpaired) electrons. The van der Waals surface area contributed by atoms with E-state index in [0.29, 0.717) is 5.75 Å². The Morgan fingerprint density at radius 3 is 2.24 bits per heavy atom. The monoisotopic (exact) mass is 427 g/mol. The Hall–Kier alpha value is -2.88. The van der Waals surface area contributed by atoms with Crippen molar-refractivity contribution in [1.82, 2.24) is 5.01 Å². The first-order valence-electron chi connectivity index (χ1n) is 7.69. The molecule has 6 nitrogen and oxygen atoms in total. The number of aliphatic hydroxyl groups is 1. The topological polar surface area (TPSA) is 85.9 Å². The van der Waals surface area contributed by atoms with Gasteiger partial charge >= 0.3 is 18.0 Å². The molecule has 0 unspecified atom stereocenters. The predicted octanol–water partition coefficient (Wildman–Crippen LogP) is 3.07. The van der Waals surface area contributed by atoms with E-state index in [4.69, 9.17) is 10.00 Å². The van der Waals surface area contributed by atoms with Crippen molar-refractivity contribution in [2.45, 2.75) is 36.6 Å². The van der Waals surface area contributed by atoms with E-state index in [1.54, 1.807) is 0 Å². The number of carbonyl (C=O) groups excluding carboxylic acids is 1. The number of nitrogens with zero attached hydrogens (tertiary/aromatic N) is 3. The molecule has 0 saturated heterocycles. The smallest absolute Gasteiger partial charge is 0.460 e. The molecule has 1 heterocycles. The van der Waals surface area contributed by atoms with Crippen LogP contribution in [0.3, 0.4) is 0 Å². The Kier molecular flexibility index (Phi) is 5.55. The molecule has 2 rings (SSSR count). The lowest BCUT2D eigenvalue weighted by molar-refractivity contribution is -0.401. The quantitative estimate of drug-likeness (QED) is 0.732. The zero-order valence-corrected chi connectivity index (χ0v) is 14.5. The van der Waals surface area contributed by atoms with Crippen LogP contribution in [0.15, 0.2) is 29.4 Å². The minimum atomic E-state index is -6.74. The van der Waals surface area contributed by atoms with Gasteiger partial charge in [0.1, 0.15) is 12.2 Å². The van der Waals surface area contributed by atoms with Crippen molar-refractivity contribution >= 4 is 11.6 Å². The van der Waals surface area contributed by atoms with Gasteiger partial charge in [0.2, 0.25) is 5.72 Å². The van der Waals surface area contributed by atoms with Crippen LogP contribution in [0.1, 0.15) is 18.4 Å². The van der Waals surface area contributed by atoms with Gasteiger partial charge in [-0.2, -0.15) is 46.1 Å². The summed E-state index contributed by atoms with van der Waals surface area (Å²) in [7, 11) is 1.31. The first kappa shape index (κ1) is 22.4. The summed E-state index contributed by atoms with van der Waals surface area (Å²) in [5, 5.41) is 21.5. The van der Waals surface area contributed by atoms with Gasteiger partial charge < -0.3 is 9.84 Å². The lowest BCUT2D eigenvalue weighted by atomic mass is 9.91. The molecule has 1 aromatic rings. The van der Waals surface area contributed by atoms with E-state index in [2.05, 4.69) is 5.10 Å². The molecular weight excluding hydrogens is 415 g/mol. The van der Waals surface area contributed by atoms with Crippen molar-refractivity contribution in [3.8, 4) is 11.8 Å². The number of hydrazone groups is 1. The lowest BCUT2D eigenvalue weighted by Crippen LogP contribution is -2.69. The van der Waals surface area contributed by atoms with E-state index in [1.165, 1.54) is 37.4 Å². The maximum atomic E-state index is 14.4. The largest absolute Gasteiger partial charge is 0.497 e. The van der Waals surface area contributed by atoms with Gasteiger partial charge in [-0.1, -0.05) is 0 Å². The molecule has 1 amide bonds. The van der Waals surface area contributed by atoms with Gasteiger partial charge in [0.15, 0.2) is 0 Å². The van der Waals surface area contributed by atoms with Gasteiger partial charge in [0, 0.05) is 6.42 Å². The number of hydrogen-bond donors (Lipinski definition) is 1. The van der Waals surface area contributed by atoms with E-state index in [0.717, 1.165) is 0 Å². The molecule has 158 valence electrons. The van der Waals surface area contributed by atoms with E-state index < -0.39 is 53.2 Å². The summed E-state index contributed by atoms with van der Waals surface area (Å²) in [6.07, 6.45) is -9.48. The maximum absolute atomic E-state index is 14.4. The van der Waals surface area contributed by atoms with Crippen LogP contribution in [0.4, 0.5) is 30.7 Å². The Balaban J connectivity index is 2.57. The Morgan fingerprint density at radius 2 is 1.79 bits per heavy atom. The van der Waals surface area contributed by atoms with Gasteiger partial charge in [0.05, 0.1) is 18.9 Å². The van der Waals surface area contributed by atoms with E-state index in [1.807, 2.05) is 0 Å². The molecular formula is C16H12F7N3O3. The van der Waals surface area contributed by atoms with Gasteiger partial charge in [-0.25, -0.2) is 0 Å². The summed E-state index contributed by atoms with van der Waals surface area (Å²) in [6.45, 7) is 0. The number of carbonyl (C=O) groups is 1. The zero-order valence-electron chi connectivity index (χ0n) is 14.5. The molecule has 1 N–H and O–H groups in total. The van der Waals surface area contributed by atoms with Crippen LogP contribution < -0.4 is 4.74 Å². The highest BCUT2D eigenvalue weighted by Gasteiger charge is 2.82. The molecule has 0 spiro atoms. The number of hydrogen-bond acceptors (Lipinski definition) is 5. The molecule has 0 saturated carbocycles. The summed E-state index contributed by atoms with van der Waals surface area (Å²) in [5.74, 6) is -14.3. The standard InChI is InChI=1S/C16H12F7N3O3/c1-29-10-4-2-9(3-5-10)11-8-13(28,26(25-11)12(27)6-7-24)14(17,18)15(19,20)16(21,22)23/h2-5,28H,6,8H2,1H3/t13-/m0/s1. The molecule has 0 aromatic heterocycles. The zero-order chi connectivity index (χ0) is 22.3. The highest BCUT2D eigenvalue weighted by molar-refractivity contribution is 6.03. The molecule has 0 aliphatic carbocycles. The minimum Gasteiger partial charge on any atom is -0.497 e. The SMILES string of the molecule is COc1ccc(C2=NN(C(=O)CC#N)[C@@](O)(C(F)(F)C(F)(F)C(F)(F)F)C2)cc1. The summed E-state index contributed by atoms with van der Waals surface area (Å²) in [6, 6.07) is 6.25. The number of nitriles is 1. The van der Waals surface area contributed by atoms with E-state index in [-0.39, 0.29) is 5.56 Å². The second-order valence-electron chi connectivity index (χ2n) is 5.96. The average Bonchev–Trinajstić information content (AvgIpc) is 3.00. The highest BCUT2D eigenvalue weighted by atomic mass is 19.4. The van der Waals surface area contributed by atoms with E-state index in [9.17, 15) is 40.6 Å². The molecule has 1 aromatic carbocycles. The number of amides is 1. The normalized spacial score (nSPS) is 20.3. The van der Waals surface area contributed by atoms with Crippen LogP contribution in [0.5, 0.6) is 5.75 Å². The van der Waals surface area contributed by atoms with Crippen LogP contribution in [0.2, 0.25) is 0 Å².